The van der Waals surface area contributed by atoms with Crippen molar-refractivity contribution < 1.29 is 0 Å². The number of nitrogens with two attached hydrogens (primary N) is 1. The predicted molar refractivity (Wildman–Crippen MR) is 77.4 cm³/mol. The summed E-state index contributed by atoms with van der Waals surface area (Å²) in [6, 6.07) is 10.1. The Morgan fingerprint density at radius 3 is 2.72 bits per heavy atom. The van der Waals surface area contributed by atoms with Crippen molar-refractivity contribution in [3.63, 3.8) is 0 Å². The van der Waals surface area contributed by atoms with Gasteiger partial charge in [0.2, 0.25) is 5.95 Å². The van der Waals surface area contributed by atoms with E-state index in [2.05, 4.69) is 57.1 Å². The molecular formula is C13H15BrN4. The van der Waals surface area contributed by atoms with Crippen LogP contribution in [0.4, 0.5) is 11.8 Å². The number of hydrogen-bond donors (Lipinski definition) is 1. The molecule has 2 rings (SSSR count). The number of anilines is 2. The third-order valence-corrected chi connectivity index (χ3v) is 2.95. The van der Waals surface area contributed by atoms with Crippen molar-refractivity contribution in [3.8, 4) is 0 Å². The Morgan fingerprint density at radius 1 is 1.28 bits per heavy atom. The minimum Gasteiger partial charge on any atom is -0.383 e. The predicted octanol–water partition coefficient (Wildman–Crippen LogP) is 2.77. The summed E-state index contributed by atoms with van der Waals surface area (Å²) < 4.78 is 0.695. The van der Waals surface area contributed by atoms with Gasteiger partial charge in [0, 0.05) is 19.7 Å². The summed E-state index contributed by atoms with van der Waals surface area (Å²) in [5, 5.41) is 0. The minimum atomic E-state index is 0.461. The highest BCUT2D eigenvalue weighted by atomic mass is 79.9. The van der Waals surface area contributed by atoms with E-state index < -0.39 is 0 Å². The lowest BCUT2D eigenvalue weighted by Gasteiger charge is -2.17. The van der Waals surface area contributed by atoms with E-state index in [-0.39, 0.29) is 0 Å². The number of aryl methyl sites for hydroxylation is 1. The number of rotatable bonds is 3. The summed E-state index contributed by atoms with van der Waals surface area (Å²) in [6.45, 7) is 2.83. The van der Waals surface area contributed by atoms with Crippen LogP contribution in [0.1, 0.15) is 11.1 Å². The molecule has 0 aliphatic carbocycles. The van der Waals surface area contributed by atoms with Gasteiger partial charge in [-0.2, -0.15) is 4.98 Å². The molecule has 0 bridgehead atoms. The SMILES string of the molecule is Cc1cccc(CN(C)c2nc(N)cc(Br)n2)c1. The van der Waals surface area contributed by atoms with Gasteiger partial charge in [-0.1, -0.05) is 29.8 Å². The van der Waals surface area contributed by atoms with E-state index in [1.54, 1.807) is 6.07 Å². The molecule has 0 fully saturated rings. The van der Waals surface area contributed by atoms with Crippen molar-refractivity contribution in [2.24, 2.45) is 0 Å². The fourth-order valence-corrected chi connectivity index (χ4v) is 2.14. The molecule has 4 nitrogen and oxygen atoms in total. The van der Waals surface area contributed by atoms with Gasteiger partial charge in [-0.05, 0) is 28.4 Å². The summed E-state index contributed by atoms with van der Waals surface area (Å²) in [6.07, 6.45) is 0. The molecule has 2 aromatic rings. The van der Waals surface area contributed by atoms with Gasteiger partial charge >= 0.3 is 0 Å². The van der Waals surface area contributed by atoms with E-state index in [4.69, 9.17) is 5.73 Å². The van der Waals surface area contributed by atoms with E-state index in [0.29, 0.717) is 16.4 Å². The van der Waals surface area contributed by atoms with Gasteiger partial charge < -0.3 is 10.6 Å². The van der Waals surface area contributed by atoms with Crippen LogP contribution in [0.3, 0.4) is 0 Å². The zero-order valence-electron chi connectivity index (χ0n) is 10.4. The van der Waals surface area contributed by atoms with E-state index >= 15 is 0 Å². The van der Waals surface area contributed by atoms with Gasteiger partial charge in [0.1, 0.15) is 10.4 Å². The van der Waals surface area contributed by atoms with Crippen LogP contribution in [-0.4, -0.2) is 17.0 Å². The quantitative estimate of drug-likeness (QED) is 0.886. The Kier molecular flexibility index (Phi) is 3.81. The molecule has 0 spiro atoms. The molecule has 5 heteroatoms. The standard InChI is InChI=1S/C13H15BrN4/c1-9-4-3-5-10(6-9)8-18(2)13-16-11(14)7-12(15)17-13/h3-7H,8H2,1-2H3,(H2,15,16,17). The number of hydrogen-bond acceptors (Lipinski definition) is 4. The first-order valence-corrected chi connectivity index (χ1v) is 6.40. The Bertz CT molecular complexity index is 536. The molecule has 0 aliphatic rings. The molecule has 0 unspecified atom stereocenters. The fourth-order valence-electron chi connectivity index (χ4n) is 1.75. The topological polar surface area (TPSA) is 55.0 Å². The molecule has 0 radical (unpaired) electrons. The van der Waals surface area contributed by atoms with Crippen LogP contribution in [0.5, 0.6) is 0 Å². The van der Waals surface area contributed by atoms with Crippen molar-refractivity contribution in [1.29, 1.82) is 0 Å². The van der Waals surface area contributed by atoms with Crippen molar-refractivity contribution in [3.05, 3.63) is 46.1 Å². The van der Waals surface area contributed by atoms with Crippen LogP contribution in [0.2, 0.25) is 0 Å². The van der Waals surface area contributed by atoms with E-state index in [1.165, 1.54) is 11.1 Å². The van der Waals surface area contributed by atoms with E-state index in [0.717, 1.165) is 6.54 Å². The summed E-state index contributed by atoms with van der Waals surface area (Å²) in [5.41, 5.74) is 8.17. The highest BCUT2D eigenvalue weighted by molar-refractivity contribution is 9.10. The number of nitrogens with zero attached hydrogens (tertiary/aromatic N) is 3. The van der Waals surface area contributed by atoms with Gasteiger partial charge in [0.05, 0.1) is 0 Å². The first-order chi connectivity index (χ1) is 8.54. The largest absolute Gasteiger partial charge is 0.383 e. The highest BCUT2D eigenvalue weighted by Crippen LogP contribution is 2.17. The monoisotopic (exact) mass is 306 g/mol. The Balaban J connectivity index is 2.19. The molecule has 0 saturated heterocycles. The van der Waals surface area contributed by atoms with Crippen LogP contribution in [0, 0.1) is 6.92 Å². The lowest BCUT2D eigenvalue weighted by atomic mass is 10.1. The first-order valence-electron chi connectivity index (χ1n) is 5.61. The minimum absolute atomic E-state index is 0.461. The molecule has 0 saturated carbocycles. The molecule has 18 heavy (non-hydrogen) atoms. The average molecular weight is 307 g/mol. The summed E-state index contributed by atoms with van der Waals surface area (Å²) >= 11 is 3.32. The first kappa shape index (κ1) is 12.8. The van der Waals surface area contributed by atoms with Gasteiger partial charge in [0.25, 0.3) is 0 Å². The fraction of sp³-hybridized carbons (Fsp3) is 0.231. The van der Waals surface area contributed by atoms with Crippen LogP contribution < -0.4 is 10.6 Å². The van der Waals surface area contributed by atoms with Gasteiger partial charge in [0.15, 0.2) is 0 Å². The van der Waals surface area contributed by atoms with Gasteiger partial charge in [-0.3, -0.25) is 0 Å². The van der Waals surface area contributed by atoms with Crippen LogP contribution >= 0.6 is 15.9 Å². The second kappa shape index (κ2) is 5.35. The third kappa shape index (κ3) is 3.20. The Hall–Kier alpha value is -1.62. The number of nitrogen functional groups attached to an aromatic ring is 1. The van der Waals surface area contributed by atoms with Crippen LogP contribution in [-0.2, 0) is 6.54 Å². The smallest absolute Gasteiger partial charge is 0.228 e. The summed E-state index contributed by atoms with van der Waals surface area (Å²) in [4.78, 5) is 10.5. The maximum absolute atomic E-state index is 5.71. The van der Waals surface area contributed by atoms with Crippen LogP contribution in [0.25, 0.3) is 0 Å². The molecule has 0 atom stereocenters. The molecule has 94 valence electrons. The lowest BCUT2D eigenvalue weighted by molar-refractivity contribution is 0.864. The number of aromatic nitrogens is 2. The van der Waals surface area contributed by atoms with E-state index in [9.17, 15) is 0 Å². The molecule has 0 aliphatic heterocycles. The highest BCUT2D eigenvalue weighted by Gasteiger charge is 2.07. The van der Waals surface area contributed by atoms with Crippen molar-refractivity contribution >= 4 is 27.7 Å². The maximum Gasteiger partial charge on any atom is 0.228 e. The average Bonchev–Trinajstić information content (AvgIpc) is 2.27. The lowest BCUT2D eigenvalue weighted by Crippen LogP contribution is -2.19. The second-order valence-corrected chi connectivity index (χ2v) is 5.07. The molecule has 2 N–H and O–H groups in total. The maximum atomic E-state index is 5.71. The molecule has 1 aromatic carbocycles. The molecule has 0 amide bonds. The van der Waals surface area contributed by atoms with E-state index in [1.807, 2.05) is 11.9 Å². The molecular weight excluding hydrogens is 292 g/mol. The van der Waals surface area contributed by atoms with Crippen LogP contribution in [0.15, 0.2) is 34.9 Å². The van der Waals surface area contributed by atoms with Crippen molar-refractivity contribution in [2.75, 3.05) is 17.7 Å². The Labute approximate surface area is 115 Å². The summed E-state index contributed by atoms with van der Waals surface area (Å²) in [5.74, 6) is 1.08. The third-order valence-electron chi connectivity index (χ3n) is 2.55. The summed E-state index contributed by atoms with van der Waals surface area (Å²) in [7, 11) is 1.95. The van der Waals surface area contributed by atoms with Gasteiger partial charge in [-0.15, -0.1) is 0 Å². The molecule has 1 aromatic heterocycles. The zero-order valence-corrected chi connectivity index (χ0v) is 12.0. The van der Waals surface area contributed by atoms with Crippen molar-refractivity contribution in [1.82, 2.24) is 9.97 Å². The van der Waals surface area contributed by atoms with Gasteiger partial charge in [-0.25, -0.2) is 4.98 Å². The number of benzene rings is 1. The Morgan fingerprint density at radius 2 is 2.06 bits per heavy atom. The van der Waals surface area contributed by atoms with Crippen molar-refractivity contribution in [2.45, 2.75) is 13.5 Å². The zero-order chi connectivity index (χ0) is 13.1. The normalized spacial score (nSPS) is 10.4. The number of halogens is 1. The second-order valence-electron chi connectivity index (χ2n) is 4.26. The molecule has 1 heterocycles.